The second kappa shape index (κ2) is 4.80. The Kier molecular flexibility index (Phi) is 3.27. The molecule has 0 aromatic carbocycles. The Labute approximate surface area is 113 Å². The molecular weight excluding hydrogens is 242 g/mol. The summed E-state index contributed by atoms with van der Waals surface area (Å²) in [6.07, 6.45) is 7.05. The fourth-order valence-electron chi connectivity index (χ4n) is 5.19. The fraction of sp³-hybridized carbons (Fsp3) is 0.867. The van der Waals surface area contributed by atoms with Crippen molar-refractivity contribution >= 4 is 11.9 Å². The number of nitrogens with one attached hydrogen (secondary N) is 1. The molecule has 106 valence electrons. The van der Waals surface area contributed by atoms with Gasteiger partial charge in [0.15, 0.2) is 0 Å². The van der Waals surface area contributed by atoms with Crippen LogP contribution in [0.4, 0.5) is 0 Å². The van der Waals surface area contributed by atoms with Gasteiger partial charge in [-0.3, -0.25) is 9.59 Å². The third-order valence-corrected chi connectivity index (χ3v) is 5.79. The Morgan fingerprint density at radius 3 is 2.05 bits per heavy atom. The van der Waals surface area contributed by atoms with Gasteiger partial charge in [0.2, 0.25) is 5.91 Å². The number of carboxylic acid groups (broad SMARTS) is 1. The highest BCUT2D eigenvalue weighted by Gasteiger charge is 2.49. The summed E-state index contributed by atoms with van der Waals surface area (Å²) in [5, 5.41) is 11.8. The lowest BCUT2D eigenvalue weighted by molar-refractivity contribution is -0.149. The molecule has 0 heterocycles. The lowest BCUT2D eigenvalue weighted by Crippen LogP contribution is -2.47. The molecule has 1 amide bonds. The van der Waals surface area contributed by atoms with Crippen molar-refractivity contribution in [3.8, 4) is 0 Å². The van der Waals surface area contributed by atoms with Crippen LogP contribution in [0.25, 0.3) is 0 Å². The minimum Gasteiger partial charge on any atom is -0.481 e. The van der Waals surface area contributed by atoms with Crippen molar-refractivity contribution in [1.82, 2.24) is 5.32 Å². The van der Waals surface area contributed by atoms with Crippen LogP contribution >= 0.6 is 0 Å². The molecule has 4 heteroatoms. The van der Waals surface area contributed by atoms with E-state index in [1.54, 1.807) is 0 Å². The van der Waals surface area contributed by atoms with Crippen LogP contribution in [0.15, 0.2) is 0 Å². The second-order valence-electron chi connectivity index (χ2n) is 6.84. The molecule has 4 rings (SSSR count). The molecular formula is C15H23NO3. The smallest absolute Gasteiger partial charge is 0.316 e. The molecule has 0 spiro atoms. The summed E-state index contributed by atoms with van der Waals surface area (Å²) in [7, 11) is 1.52. The van der Waals surface area contributed by atoms with E-state index in [9.17, 15) is 14.7 Å². The molecule has 4 aliphatic carbocycles. The van der Waals surface area contributed by atoms with Gasteiger partial charge in [-0.25, -0.2) is 0 Å². The fourth-order valence-corrected chi connectivity index (χ4v) is 5.19. The molecule has 0 saturated heterocycles. The van der Waals surface area contributed by atoms with Crippen LogP contribution in [0.2, 0.25) is 0 Å². The average molecular weight is 265 g/mol. The maximum absolute atomic E-state index is 11.7. The first-order valence-corrected chi connectivity index (χ1v) is 7.52. The minimum atomic E-state index is -0.965. The predicted molar refractivity (Wildman–Crippen MR) is 70.3 cm³/mol. The van der Waals surface area contributed by atoms with Gasteiger partial charge in [-0.05, 0) is 68.1 Å². The molecule has 4 nitrogen and oxygen atoms in total. The largest absolute Gasteiger partial charge is 0.481 e. The van der Waals surface area contributed by atoms with E-state index in [0.717, 1.165) is 11.8 Å². The van der Waals surface area contributed by atoms with E-state index in [0.29, 0.717) is 24.2 Å². The Morgan fingerprint density at radius 2 is 1.63 bits per heavy atom. The summed E-state index contributed by atoms with van der Waals surface area (Å²) in [5.41, 5.74) is 0. The van der Waals surface area contributed by atoms with E-state index in [1.165, 1.54) is 39.2 Å². The molecule has 19 heavy (non-hydrogen) atoms. The Hall–Kier alpha value is -1.06. The molecule has 1 unspecified atom stereocenters. The SMILES string of the molecule is CNC(=O)C(CC1C2CC3CC(C2)CC1C3)C(=O)O. The molecule has 4 fully saturated rings. The van der Waals surface area contributed by atoms with Gasteiger partial charge in [0.05, 0.1) is 0 Å². The van der Waals surface area contributed by atoms with Gasteiger partial charge in [0.25, 0.3) is 0 Å². The molecule has 2 N–H and O–H groups in total. The molecule has 1 atom stereocenters. The third kappa shape index (κ3) is 2.26. The zero-order valence-corrected chi connectivity index (χ0v) is 11.5. The Bertz CT molecular complexity index is 365. The first kappa shape index (κ1) is 12.9. The molecule has 0 radical (unpaired) electrons. The number of carbonyl (C=O) groups is 2. The summed E-state index contributed by atoms with van der Waals surface area (Å²) in [6.45, 7) is 0. The number of aliphatic carboxylic acids is 1. The lowest BCUT2D eigenvalue weighted by atomic mass is 9.51. The van der Waals surface area contributed by atoms with Crippen molar-refractivity contribution < 1.29 is 14.7 Å². The minimum absolute atomic E-state index is 0.332. The third-order valence-electron chi connectivity index (χ3n) is 5.79. The van der Waals surface area contributed by atoms with Crippen molar-refractivity contribution in [2.45, 2.75) is 38.5 Å². The number of hydrogen-bond donors (Lipinski definition) is 2. The number of carbonyl (C=O) groups excluding carboxylic acids is 1. The molecule has 4 saturated carbocycles. The number of hydrogen-bond acceptors (Lipinski definition) is 2. The van der Waals surface area contributed by atoms with E-state index in [2.05, 4.69) is 5.32 Å². The van der Waals surface area contributed by atoms with Gasteiger partial charge in [-0.15, -0.1) is 0 Å². The van der Waals surface area contributed by atoms with Gasteiger partial charge in [0.1, 0.15) is 5.92 Å². The number of amides is 1. The molecule has 0 aliphatic heterocycles. The van der Waals surface area contributed by atoms with Crippen LogP contribution in [0, 0.1) is 35.5 Å². The first-order valence-electron chi connectivity index (χ1n) is 7.52. The zero-order chi connectivity index (χ0) is 13.6. The summed E-state index contributed by atoms with van der Waals surface area (Å²) >= 11 is 0. The van der Waals surface area contributed by atoms with E-state index in [-0.39, 0.29) is 5.91 Å². The normalized spacial score (nSPS) is 41.0. The molecule has 4 aliphatic rings. The molecule has 4 bridgehead atoms. The van der Waals surface area contributed by atoms with Crippen molar-refractivity contribution in [1.29, 1.82) is 0 Å². The predicted octanol–water partition coefficient (Wildman–Crippen LogP) is 1.90. The topological polar surface area (TPSA) is 66.4 Å². The monoisotopic (exact) mass is 265 g/mol. The van der Waals surface area contributed by atoms with E-state index in [1.807, 2.05) is 0 Å². The summed E-state index contributed by atoms with van der Waals surface area (Å²) in [5.74, 6) is 1.46. The molecule has 0 aromatic heterocycles. The first-order chi connectivity index (χ1) is 9.08. The van der Waals surface area contributed by atoms with Gasteiger partial charge < -0.3 is 10.4 Å². The van der Waals surface area contributed by atoms with Crippen molar-refractivity contribution in [3.63, 3.8) is 0 Å². The van der Waals surface area contributed by atoms with Crippen LogP contribution in [0.5, 0.6) is 0 Å². The highest BCUT2D eigenvalue weighted by atomic mass is 16.4. The van der Waals surface area contributed by atoms with Crippen LogP contribution in [-0.4, -0.2) is 24.0 Å². The average Bonchev–Trinajstić information content (AvgIpc) is 2.36. The number of carboxylic acids is 1. The molecule has 0 aromatic rings. The lowest BCUT2D eigenvalue weighted by Gasteiger charge is -2.55. The van der Waals surface area contributed by atoms with Gasteiger partial charge in [-0.2, -0.15) is 0 Å². The van der Waals surface area contributed by atoms with Gasteiger partial charge >= 0.3 is 5.97 Å². The van der Waals surface area contributed by atoms with Crippen LogP contribution in [-0.2, 0) is 9.59 Å². The van der Waals surface area contributed by atoms with Crippen LogP contribution in [0.1, 0.15) is 38.5 Å². The Morgan fingerprint density at radius 1 is 1.11 bits per heavy atom. The van der Waals surface area contributed by atoms with Crippen molar-refractivity contribution in [3.05, 3.63) is 0 Å². The summed E-state index contributed by atoms with van der Waals surface area (Å²) in [6, 6.07) is 0. The second-order valence-corrected chi connectivity index (χ2v) is 6.84. The summed E-state index contributed by atoms with van der Waals surface area (Å²) < 4.78 is 0. The van der Waals surface area contributed by atoms with Gasteiger partial charge in [-0.1, -0.05) is 0 Å². The van der Waals surface area contributed by atoms with Crippen LogP contribution in [0.3, 0.4) is 0 Å². The van der Waals surface area contributed by atoms with Crippen LogP contribution < -0.4 is 5.32 Å². The Balaban J connectivity index is 1.72. The van der Waals surface area contributed by atoms with Gasteiger partial charge in [0, 0.05) is 7.05 Å². The highest BCUT2D eigenvalue weighted by molar-refractivity contribution is 5.96. The van der Waals surface area contributed by atoms with Crippen molar-refractivity contribution in [2.75, 3.05) is 7.05 Å². The maximum atomic E-state index is 11.7. The standard InChI is InChI=1S/C15H23NO3/c1-16-14(17)13(15(18)19)7-12-10-3-8-2-9(5-10)6-11(12)4-8/h8-13H,2-7H2,1H3,(H,16,17)(H,18,19). The zero-order valence-electron chi connectivity index (χ0n) is 11.5. The van der Waals surface area contributed by atoms with E-state index in [4.69, 9.17) is 0 Å². The van der Waals surface area contributed by atoms with Crippen molar-refractivity contribution in [2.24, 2.45) is 35.5 Å². The number of rotatable bonds is 4. The summed E-state index contributed by atoms with van der Waals surface area (Å²) in [4.78, 5) is 23.0. The maximum Gasteiger partial charge on any atom is 0.316 e. The highest BCUT2D eigenvalue weighted by Crippen LogP contribution is 2.57. The van der Waals surface area contributed by atoms with E-state index >= 15 is 0 Å². The van der Waals surface area contributed by atoms with E-state index < -0.39 is 11.9 Å². The quantitative estimate of drug-likeness (QED) is 0.763.